The third-order valence-corrected chi connectivity index (χ3v) is 5.65. The molecule has 33 heavy (non-hydrogen) atoms. The van der Waals surface area contributed by atoms with Gasteiger partial charge in [-0.15, -0.1) is 11.3 Å². The number of carbonyl (C=O) groups excluding carboxylic acids is 2. The molecule has 10 nitrogen and oxygen atoms in total. The topological polar surface area (TPSA) is 163 Å². The fourth-order valence-corrected chi connectivity index (χ4v) is 4.03. The quantitative estimate of drug-likeness (QED) is 0.267. The summed E-state index contributed by atoms with van der Waals surface area (Å²) in [6.07, 6.45) is 4.21. The van der Waals surface area contributed by atoms with Crippen molar-refractivity contribution in [2.75, 3.05) is 17.2 Å². The Morgan fingerprint density at radius 2 is 2.00 bits per heavy atom. The highest BCUT2D eigenvalue weighted by atomic mass is 32.1. The Kier molecular flexibility index (Phi) is 6.43. The molecule has 4 rings (SSSR count). The normalized spacial score (nSPS) is 10.8. The molecule has 6 N–H and O–H groups in total. The molecule has 4 aromatic rings. The van der Waals surface area contributed by atoms with Crippen LogP contribution in [-0.4, -0.2) is 44.4 Å². The van der Waals surface area contributed by atoms with Gasteiger partial charge in [0.25, 0.3) is 11.8 Å². The van der Waals surface area contributed by atoms with Crippen LogP contribution in [0.2, 0.25) is 0 Å². The number of nitrogens with zero attached hydrogens (tertiary/aromatic N) is 2. The fourth-order valence-electron chi connectivity index (χ4n) is 3.35. The standard InChI is InChI=1S/C22H20N6O4S/c23-7-1-4-14-15-9-12(5-6-16(15)26-18(14)21(31)32)19(29)28-22-27-17(11-33-22)20(30)25-13-3-2-8-24-10-13/h2-3,5-6,8-11,26H,1,4,7,23H2,(H,25,30)(H,31,32)(H,27,28,29). The number of pyridine rings is 1. The zero-order valence-electron chi connectivity index (χ0n) is 17.3. The second-order valence-corrected chi connectivity index (χ2v) is 7.98. The SMILES string of the molecule is NCCCc1c(C(=O)O)[nH]c2ccc(C(=O)Nc3nc(C(=O)Nc4cccnc4)cs3)cc12. The minimum atomic E-state index is -1.07. The van der Waals surface area contributed by atoms with Gasteiger partial charge in [-0.05, 0) is 55.3 Å². The average molecular weight is 465 g/mol. The fraction of sp³-hybridized carbons (Fsp3) is 0.136. The molecular formula is C22H20N6O4S. The molecule has 0 fully saturated rings. The number of rotatable bonds is 8. The number of aromatic amines is 1. The molecule has 11 heteroatoms. The molecular weight excluding hydrogens is 444 g/mol. The van der Waals surface area contributed by atoms with E-state index in [1.165, 1.54) is 6.20 Å². The molecule has 2 amide bonds. The highest BCUT2D eigenvalue weighted by Gasteiger charge is 2.19. The zero-order valence-corrected chi connectivity index (χ0v) is 18.1. The molecule has 3 heterocycles. The number of aromatic nitrogens is 3. The summed E-state index contributed by atoms with van der Waals surface area (Å²) in [5.74, 6) is -1.91. The zero-order chi connectivity index (χ0) is 23.4. The van der Waals surface area contributed by atoms with Gasteiger partial charge in [0.05, 0.1) is 11.9 Å². The van der Waals surface area contributed by atoms with E-state index in [9.17, 15) is 19.5 Å². The molecule has 168 valence electrons. The summed E-state index contributed by atoms with van der Waals surface area (Å²) in [6.45, 7) is 0.423. The number of aryl methyl sites for hydroxylation is 1. The minimum absolute atomic E-state index is 0.0974. The number of amides is 2. The van der Waals surface area contributed by atoms with Crippen molar-refractivity contribution >= 4 is 50.8 Å². The molecule has 0 unspecified atom stereocenters. The Hall–Kier alpha value is -4.09. The summed E-state index contributed by atoms with van der Waals surface area (Å²) >= 11 is 1.12. The van der Waals surface area contributed by atoms with Gasteiger partial charge in [-0.3, -0.25) is 19.9 Å². The molecule has 0 aliphatic rings. The van der Waals surface area contributed by atoms with E-state index >= 15 is 0 Å². The molecule has 0 aliphatic carbocycles. The highest BCUT2D eigenvalue weighted by molar-refractivity contribution is 7.14. The first-order valence-corrected chi connectivity index (χ1v) is 10.9. The maximum Gasteiger partial charge on any atom is 0.352 e. The Labute approximate surface area is 191 Å². The van der Waals surface area contributed by atoms with Crippen LogP contribution in [0, 0.1) is 0 Å². The van der Waals surface area contributed by atoms with Gasteiger partial charge in [0.1, 0.15) is 11.4 Å². The van der Waals surface area contributed by atoms with Gasteiger partial charge in [-0.2, -0.15) is 0 Å². The highest BCUT2D eigenvalue weighted by Crippen LogP contribution is 2.26. The number of benzene rings is 1. The number of carbonyl (C=O) groups is 3. The Bertz CT molecular complexity index is 1330. The number of hydrogen-bond acceptors (Lipinski definition) is 7. The molecule has 0 spiro atoms. The van der Waals surface area contributed by atoms with Crippen LogP contribution < -0.4 is 16.4 Å². The van der Waals surface area contributed by atoms with E-state index in [0.29, 0.717) is 47.1 Å². The van der Waals surface area contributed by atoms with Crippen molar-refractivity contribution in [2.45, 2.75) is 12.8 Å². The average Bonchev–Trinajstić information content (AvgIpc) is 3.42. The number of aromatic carboxylic acids is 1. The van der Waals surface area contributed by atoms with Gasteiger partial charge >= 0.3 is 5.97 Å². The summed E-state index contributed by atoms with van der Waals surface area (Å²) in [5.41, 5.74) is 7.95. The Morgan fingerprint density at radius 1 is 1.15 bits per heavy atom. The van der Waals surface area contributed by atoms with Crippen molar-refractivity contribution in [3.63, 3.8) is 0 Å². The van der Waals surface area contributed by atoms with Crippen LogP contribution in [0.25, 0.3) is 10.9 Å². The predicted octanol–water partition coefficient (Wildman–Crippen LogP) is 3.11. The van der Waals surface area contributed by atoms with E-state index in [0.717, 1.165) is 11.3 Å². The number of nitrogens with one attached hydrogen (secondary N) is 3. The smallest absolute Gasteiger partial charge is 0.352 e. The summed E-state index contributed by atoms with van der Waals surface area (Å²) in [6, 6.07) is 8.30. The van der Waals surface area contributed by atoms with Crippen molar-refractivity contribution in [2.24, 2.45) is 5.73 Å². The Balaban J connectivity index is 1.52. The summed E-state index contributed by atoms with van der Waals surface area (Å²) in [5, 5.41) is 17.3. The lowest BCUT2D eigenvalue weighted by atomic mass is 10.0. The lowest BCUT2D eigenvalue weighted by Gasteiger charge is -2.04. The van der Waals surface area contributed by atoms with E-state index in [2.05, 4.69) is 25.6 Å². The van der Waals surface area contributed by atoms with Gasteiger partial charge in [0.2, 0.25) is 0 Å². The van der Waals surface area contributed by atoms with Crippen molar-refractivity contribution < 1.29 is 19.5 Å². The largest absolute Gasteiger partial charge is 0.477 e. The molecule has 0 atom stereocenters. The second kappa shape index (κ2) is 9.59. The number of H-pyrrole nitrogens is 1. The first-order valence-electron chi connectivity index (χ1n) is 10.0. The van der Waals surface area contributed by atoms with Gasteiger partial charge in [-0.25, -0.2) is 9.78 Å². The number of anilines is 2. The summed E-state index contributed by atoms with van der Waals surface area (Å²) in [7, 11) is 0. The number of carboxylic acids is 1. The van der Waals surface area contributed by atoms with Gasteiger partial charge in [0.15, 0.2) is 5.13 Å². The van der Waals surface area contributed by atoms with E-state index < -0.39 is 17.8 Å². The van der Waals surface area contributed by atoms with Crippen molar-refractivity contribution in [1.82, 2.24) is 15.0 Å². The Morgan fingerprint density at radius 3 is 2.73 bits per heavy atom. The van der Waals surface area contributed by atoms with Gasteiger partial charge in [-0.1, -0.05) is 0 Å². The van der Waals surface area contributed by atoms with E-state index in [1.54, 1.807) is 41.9 Å². The third kappa shape index (κ3) is 4.89. The first-order chi connectivity index (χ1) is 16.0. The molecule has 0 aliphatic heterocycles. The molecule has 0 radical (unpaired) electrons. The maximum atomic E-state index is 12.8. The van der Waals surface area contributed by atoms with E-state index in [4.69, 9.17) is 5.73 Å². The van der Waals surface area contributed by atoms with Crippen LogP contribution in [0.5, 0.6) is 0 Å². The molecule has 0 bridgehead atoms. The molecule has 3 aromatic heterocycles. The van der Waals surface area contributed by atoms with Crippen molar-refractivity contribution in [3.8, 4) is 0 Å². The van der Waals surface area contributed by atoms with Crippen LogP contribution in [0.15, 0.2) is 48.1 Å². The van der Waals surface area contributed by atoms with Crippen molar-refractivity contribution in [3.05, 3.63) is 70.6 Å². The molecule has 0 saturated heterocycles. The second-order valence-electron chi connectivity index (χ2n) is 7.12. The molecule has 1 aromatic carbocycles. The summed E-state index contributed by atoms with van der Waals surface area (Å²) < 4.78 is 0. The van der Waals surface area contributed by atoms with Crippen molar-refractivity contribution in [1.29, 1.82) is 0 Å². The summed E-state index contributed by atoms with van der Waals surface area (Å²) in [4.78, 5) is 47.7. The van der Waals surface area contributed by atoms with Gasteiger partial charge < -0.3 is 21.1 Å². The lowest BCUT2D eigenvalue weighted by Crippen LogP contribution is -2.14. The van der Waals surface area contributed by atoms with Crippen LogP contribution in [0.3, 0.4) is 0 Å². The lowest BCUT2D eigenvalue weighted by molar-refractivity contribution is 0.0690. The maximum absolute atomic E-state index is 12.8. The number of carboxylic acid groups (broad SMARTS) is 1. The predicted molar refractivity (Wildman–Crippen MR) is 125 cm³/mol. The number of fused-ring (bicyclic) bond motifs is 1. The van der Waals surface area contributed by atoms with Crippen LogP contribution in [-0.2, 0) is 6.42 Å². The molecule has 0 saturated carbocycles. The van der Waals surface area contributed by atoms with E-state index in [1.807, 2.05) is 0 Å². The van der Waals surface area contributed by atoms with Gasteiger partial charge in [0, 0.05) is 28.0 Å². The number of nitrogens with two attached hydrogens (primary N) is 1. The van der Waals surface area contributed by atoms with Crippen LogP contribution >= 0.6 is 11.3 Å². The number of hydrogen-bond donors (Lipinski definition) is 5. The number of thiazole rings is 1. The van der Waals surface area contributed by atoms with Crippen LogP contribution in [0.1, 0.15) is 43.3 Å². The monoisotopic (exact) mass is 464 g/mol. The van der Waals surface area contributed by atoms with Crippen LogP contribution in [0.4, 0.5) is 10.8 Å². The third-order valence-electron chi connectivity index (χ3n) is 4.89. The minimum Gasteiger partial charge on any atom is -0.477 e. The first kappa shape index (κ1) is 22.1. The van der Waals surface area contributed by atoms with E-state index in [-0.39, 0.29) is 16.5 Å².